The number of nitrogens with zero attached hydrogens (tertiary/aromatic N) is 2. The maximum atomic E-state index is 12.6. The van der Waals surface area contributed by atoms with Gasteiger partial charge < -0.3 is 10.6 Å². The van der Waals surface area contributed by atoms with Crippen LogP contribution >= 0.6 is 0 Å². The zero-order chi connectivity index (χ0) is 21.4. The molecule has 0 unspecified atom stereocenters. The third-order valence-electron chi connectivity index (χ3n) is 4.04. The monoisotopic (exact) mass is 414 g/mol. The van der Waals surface area contributed by atoms with Crippen molar-refractivity contribution in [3.8, 4) is 6.07 Å². The summed E-state index contributed by atoms with van der Waals surface area (Å²) in [6.07, 6.45) is 0.776. The molecule has 2 aromatic rings. The van der Waals surface area contributed by atoms with Crippen LogP contribution in [0.4, 0.5) is 5.69 Å². The van der Waals surface area contributed by atoms with E-state index in [1.165, 1.54) is 31.3 Å². The van der Waals surface area contributed by atoms with E-state index < -0.39 is 22.5 Å². The molecule has 29 heavy (non-hydrogen) atoms. The number of anilines is 1. The smallest absolute Gasteiger partial charge is 0.253 e. The van der Waals surface area contributed by atoms with Gasteiger partial charge in [0.25, 0.3) is 5.91 Å². The summed E-state index contributed by atoms with van der Waals surface area (Å²) in [5, 5.41) is 14.1. The highest BCUT2D eigenvalue weighted by molar-refractivity contribution is 7.89. The fraction of sp³-hybridized carbons (Fsp3) is 0.250. The van der Waals surface area contributed by atoms with Gasteiger partial charge in [-0.05, 0) is 42.8 Å². The van der Waals surface area contributed by atoms with Gasteiger partial charge in [-0.2, -0.15) is 9.57 Å². The molecule has 8 nitrogen and oxygen atoms in total. The van der Waals surface area contributed by atoms with Crippen molar-refractivity contribution in [2.24, 2.45) is 0 Å². The topological polar surface area (TPSA) is 119 Å². The molecule has 0 spiro atoms. The average molecular weight is 414 g/mol. The number of carbonyl (C=O) groups is 2. The Bertz CT molecular complexity index is 1030. The summed E-state index contributed by atoms with van der Waals surface area (Å²) in [4.78, 5) is 24.6. The van der Waals surface area contributed by atoms with Gasteiger partial charge in [0.1, 0.15) is 0 Å². The van der Waals surface area contributed by atoms with Gasteiger partial charge in [-0.15, -0.1) is 0 Å². The van der Waals surface area contributed by atoms with E-state index in [0.29, 0.717) is 23.4 Å². The third kappa shape index (κ3) is 5.63. The molecule has 0 aliphatic rings. The Kier molecular flexibility index (Phi) is 7.47. The number of nitriles is 1. The zero-order valence-corrected chi connectivity index (χ0v) is 17.0. The molecule has 0 atom stereocenters. The maximum Gasteiger partial charge on any atom is 0.253 e. The van der Waals surface area contributed by atoms with Crippen molar-refractivity contribution >= 4 is 27.5 Å². The van der Waals surface area contributed by atoms with Crippen LogP contribution in [0.2, 0.25) is 0 Å². The molecule has 0 aromatic heterocycles. The van der Waals surface area contributed by atoms with Gasteiger partial charge in [0.2, 0.25) is 15.9 Å². The lowest BCUT2D eigenvalue weighted by atomic mass is 10.1. The fourth-order valence-corrected chi connectivity index (χ4v) is 3.61. The Morgan fingerprint density at radius 1 is 1.10 bits per heavy atom. The molecular weight excluding hydrogens is 392 g/mol. The normalized spacial score (nSPS) is 11.0. The Balaban J connectivity index is 2.10. The van der Waals surface area contributed by atoms with Gasteiger partial charge in [0.05, 0.1) is 34.3 Å². The number of nitrogens with one attached hydrogen (secondary N) is 2. The molecule has 152 valence electrons. The first-order chi connectivity index (χ1) is 13.8. The van der Waals surface area contributed by atoms with Crippen molar-refractivity contribution in [2.45, 2.75) is 18.2 Å². The van der Waals surface area contributed by atoms with Gasteiger partial charge >= 0.3 is 0 Å². The van der Waals surface area contributed by atoms with E-state index in [-0.39, 0.29) is 10.8 Å². The fourth-order valence-electron chi connectivity index (χ4n) is 2.48. The second-order valence-corrected chi connectivity index (χ2v) is 8.29. The SMILES string of the molecule is CCCNC(=O)c1ccccc1NC(=O)CN(C)S(=O)(=O)c1ccc(C#N)cc1. The molecule has 0 saturated carbocycles. The minimum Gasteiger partial charge on any atom is -0.352 e. The Morgan fingerprint density at radius 2 is 1.76 bits per heavy atom. The first kappa shape index (κ1) is 22.1. The maximum absolute atomic E-state index is 12.6. The molecule has 0 aliphatic heterocycles. The molecule has 0 radical (unpaired) electrons. The summed E-state index contributed by atoms with van der Waals surface area (Å²) >= 11 is 0. The first-order valence-corrected chi connectivity index (χ1v) is 10.4. The zero-order valence-electron chi connectivity index (χ0n) is 16.2. The van der Waals surface area contributed by atoms with E-state index in [0.717, 1.165) is 10.7 Å². The molecular formula is C20H22N4O4S. The number of hydrogen-bond donors (Lipinski definition) is 2. The van der Waals surface area contributed by atoms with E-state index >= 15 is 0 Å². The van der Waals surface area contributed by atoms with E-state index in [4.69, 9.17) is 5.26 Å². The highest BCUT2D eigenvalue weighted by Gasteiger charge is 2.23. The van der Waals surface area contributed by atoms with Crippen LogP contribution in [0.3, 0.4) is 0 Å². The van der Waals surface area contributed by atoms with E-state index in [1.54, 1.807) is 24.3 Å². The number of likely N-dealkylation sites (N-methyl/N-ethyl adjacent to an activating group) is 1. The van der Waals surface area contributed by atoms with Gasteiger partial charge in [-0.25, -0.2) is 8.42 Å². The number of benzene rings is 2. The molecule has 0 aliphatic carbocycles. The van der Waals surface area contributed by atoms with Crippen LogP contribution in [-0.4, -0.2) is 44.7 Å². The van der Waals surface area contributed by atoms with Gasteiger partial charge in [-0.1, -0.05) is 19.1 Å². The minimum atomic E-state index is -3.91. The number of carbonyl (C=O) groups excluding carboxylic acids is 2. The summed E-state index contributed by atoms with van der Waals surface area (Å²) in [6, 6.07) is 13.8. The van der Waals surface area contributed by atoms with Crippen molar-refractivity contribution in [1.82, 2.24) is 9.62 Å². The third-order valence-corrected chi connectivity index (χ3v) is 5.86. The van der Waals surface area contributed by atoms with Crippen LogP contribution in [0.5, 0.6) is 0 Å². The molecule has 0 heterocycles. The standard InChI is InChI=1S/C20H22N4O4S/c1-3-12-22-20(26)17-6-4-5-7-18(17)23-19(25)14-24(2)29(27,28)16-10-8-15(13-21)9-11-16/h4-11H,3,12,14H2,1-2H3,(H,22,26)(H,23,25). The first-order valence-electron chi connectivity index (χ1n) is 8.93. The summed E-state index contributed by atoms with van der Waals surface area (Å²) in [7, 11) is -2.62. The van der Waals surface area contributed by atoms with Crippen molar-refractivity contribution in [2.75, 3.05) is 25.5 Å². The van der Waals surface area contributed by atoms with E-state index in [9.17, 15) is 18.0 Å². The van der Waals surface area contributed by atoms with Crippen LogP contribution < -0.4 is 10.6 Å². The van der Waals surface area contributed by atoms with Crippen LogP contribution in [0.25, 0.3) is 0 Å². The Labute approximate surface area is 170 Å². The second kappa shape index (κ2) is 9.82. The number of para-hydroxylation sites is 1. The van der Waals surface area contributed by atoms with E-state index in [2.05, 4.69) is 10.6 Å². The van der Waals surface area contributed by atoms with Crippen molar-refractivity contribution in [3.63, 3.8) is 0 Å². The van der Waals surface area contributed by atoms with Crippen molar-refractivity contribution in [3.05, 3.63) is 59.7 Å². The average Bonchev–Trinajstić information content (AvgIpc) is 2.72. The molecule has 2 N–H and O–H groups in total. The van der Waals surface area contributed by atoms with Crippen LogP contribution in [-0.2, 0) is 14.8 Å². The highest BCUT2D eigenvalue weighted by Crippen LogP contribution is 2.17. The molecule has 0 bridgehead atoms. The number of rotatable bonds is 8. The van der Waals surface area contributed by atoms with E-state index in [1.807, 2.05) is 13.0 Å². The number of amides is 2. The Morgan fingerprint density at radius 3 is 2.38 bits per heavy atom. The summed E-state index contributed by atoms with van der Waals surface area (Å²) < 4.78 is 26.1. The molecule has 9 heteroatoms. The van der Waals surface area contributed by atoms with Crippen molar-refractivity contribution in [1.29, 1.82) is 5.26 Å². The Hall–Kier alpha value is -3.22. The predicted molar refractivity (Wildman–Crippen MR) is 109 cm³/mol. The van der Waals surface area contributed by atoms with Crippen molar-refractivity contribution < 1.29 is 18.0 Å². The van der Waals surface area contributed by atoms with Gasteiger partial charge in [-0.3, -0.25) is 9.59 Å². The summed E-state index contributed by atoms with van der Waals surface area (Å²) in [6.45, 7) is 2.00. The molecule has 0 saturated heterocycles. The van der Waals surface area contributed by atoms with Crippen LogP contribution in [0, 0.1) is 11.3 Å². The highest BCUT2D eigenvalue weighted by atomic mass is 32.2. The van der Waals surface area contributed by atoms with Crippen LogP contribution in [0.15, 0.2) is 53.4 Å². The van der Waals surface area contributed by atoms with Gasteiger partial charge in [0.15, 0.2) is 0 Å². The van der Waals surface area contributed by atoms with Crippen LogP contribution in [0.1, 0.15) is 29.3 Å². The molecule has 2 amide bonds. The predicted octanol–water partition coefficient (Wildman–Crippen LogP) is 1.96. The van der Waals surface area contributed by atoms with Gasteiger partial charge in [0, 0.05) is 13.6 Å². The lowest BCUT2D eigenvalue weighted by Crippen LogP contribution is -2.35. The number of hydrogen-bond acceptors (Lipinski definition) is 5. The largest absolute Gasteiger partial charge is 0.352 e. The lowest BCUT2D eigenvalue weighted by Gasteiger charge is -2.17. The second-order valence-electron chi connectivity index (χ2n) is 6.25. The summed E-state index contributed by atoms with van der Waals surface area (Å²) in [5.74, 6) is -0.901. The quantitative estimate of drug-likeness (QED) is 0.684. The molecule has 2 aromatic carbocycles. The number of sulfonamides is 1. The lowest BCUT2D eigenvalue weighted by molar-refractivity contribution is -0.116. The molecule has 0 fully saturated rings. The molecule has 2 rings (SSSR count). The summed E-state index contributed by atoms with van der Waals surface area (Å²) in [5.41, 5.74) is 0.935. The minimum absolute atomic E-state index is 0.0221.